The van der Waals surface area contributed by atoms with Gasteiger partial charge in [-0.25, -0.2) is 4.98 Å². The van der Waals surface area contributed by atoms with Gasteiger partial charge in [-0.1, -0.05) is 0 Å². The predicted octanol–water partition coefficient (Wildman–Crippen LogP) is 2.17. The van der Waals surface area contributed by atoms with Gasteiger partial charge in [-0.3, -0.25) is 4.79 Å². The molecule has 0 aliphatic carbocycles. The number of hydrogen-bond acceptors (Lipinski definition) is 3. The van der Waals surface area contributed by atoms with Crippen molar-refractivity contribution in [3.05, 3.63) is 23.2 Å². The van der Waals surface area contributed by atoms with Gasteiger partial charge in [-0.2, -0.15) is 0 Å². The van der Waals surface area contributed by atoms with E-state index in [0.717, 1.165) is 20.9 Å². The van der Waals surface area contributed by atoms with Crippen LogP contribution in [0.5, 0.6) is 0 Å². The Bertz CT molecular complexity index is 450. The smallest absolute Gasteiger partial charge is 0.211 e. The van der Waals surface area contributed by atoms with Crippen LogP contribution in [0.15, 0.2) is 18.2 Å². The zero-order valence-electron chi connectivity index (χ0n) is 7.07. The van der Waals surface area contributed by atoms with Crippen molar-refractivity contribution in [3.63, 3.8) is 0 Å². The Morgan fingerprint density at radius 3 is 3.15 bits per heavy atom. The van der Waals surface area contributed by atoms with Gasteiger partial charge in [0.15, 0.2) is 0 Å². The van der Waals surface area contributed by atoms with Crippen LogP contribution in [0.4, 0.5) is 5.69 Å². The summed E-state index contributed by atoms with van der Waals surface area (Å²) >= 11 is 1.65. The first-order valence-electron chi connectivity index (χ1n) is 3.87. The molecular formula is C9H8N2OS. The third-order valence-corrected chi connectivity index (χ3v) is 2.67. The maximum atomic E-state index is 10.2. The molecule has 0 aliphatic rings. The van der Waals surface area contributed by atoms with E-state index in [1.807, 2.05) is 25.1 Å². The molecule has 1 aromatic carbocycles. The molecular weight excluding hydrogens is 184 g/mol. The molecule has 3 nitrogen and oxygen atoms in total. The van der Waals surface area contributed by atoms with Gasteiger partial charge in [-0.05, 0) is 25.1 Å². The average Bonchev–Trinajstić information content (AvgIpc) is 2.44. The predicted molar refractivity (Wildman–Crippen MR) is 54.0 cm³/mol. The molecule has 0 unspecified atom stereocenters. The van der Waals surface area contributed by atoms with Crippen molar-refractivity contribution in [2.24, 2.45) is 0 Å². The maximum absolute atomic E-state index is 10.2. The maximum Gasteiger partial charge on any atom is 0.211 e. The number of amides is 1. The molecule has 0 radical (unpaired) electrons. The van der Waals surface area contributed by atoms with Gasteiger partial charge in [0.1, 0.15) is 0 Å². The number of nitrogens with one attached hydrogen (secondary N) is 1. The molecule has 2 aromatic rings. The normalized spacial score (nSPS) is 10.2. The molecule has 13 heavy (non-hydrogen) atoms. The van der Waals surface area contributed by atoms with Gasteiger partial charge in [0, 0.05) is 5.69 Å². The van der Waals surface area contributed by atoms with Crippen LogP contribution >= 0.6 is 11.3 Å². The number of aryl methyl sites for hydroxylation is 1. The fraction of sp³-hybridized carbons (Fsp3) is 0.111. The van der Waals surface area contributed by atoms with Gasteiger partial charge < -0.3 is 5.32 Å². The van der Waals surface area contributed by atoms with Crippen LogP contribution in [-0.4, -0.2) is 11.4 Å². The monoisotopic (exact) mass is 192 g/mol. The number of anilines is 1. The molecule has 0 bridgehead atoms. The Kier molecular flexibility index (Phi) is 1.98. The topological polar surface area (TPSA) is 42.0 Å². The van der Waals surface area contributed by atoms with Crippen LogP contribution in [-0.2, 0) is 4.79 Å². The van der Waals surface area contributed by atoms with E-state index in [-0.39, 0.29) is 0 Å². The summed E-state index contributed by atoms with van der Waals surface area (Å²) < 4.78 is 1.15. The second-order valence-electron chi connectivity index (χ2n) is 2.68. The molecule has 66 valence electrons. The number of rotatable bonds is 2. The Morgan fingerprint density at radius 2 is 2.38 bits per heavy atom. The first-order chi connectivity index (χ1) is 6.29. The lowest BCUT2D eigenvalue weighted by molar-refractivity contribution is -0.105. The number of carbonyl (C=O) groups is 1. The summed E-state index contributed by atoms with van der Waals surface area (Å²) in [5.74, 6) is 0. The van der Waals surface area contributed by atoms with E-state index in [1.165, 1.54) is 0 Å². The molecule has 0 saturated carbocycles. The molecule has 1 amide bonds. The van der Waals surface area contributed by atoms with E-state index in [1.54, 1.807) is 11.3 Å². The number of aromatic nitrogens is 1. The van der Waals surface area contributed by atoms with Crippen molar-refractivity contribution in [1.29, 1.82) is 0 Å². The van der Waals surface area contributed by atoms with E-state index in [4.69, 9.17) is 0 Å². The standard InChI is InChI=1S/C9H8N2OS/c1-6-11-8-4-7(10-5-12)2-3-9(8)13-6/h2-5H,1H3,(H,10,12). The lowest BCUT2D eigenvalue weighted by Crippen LogP contribution is -1.92. The minimum Gasteiger partial charge on any atom is -0.329 e. The van der Waals surface area contributed by atoms with Crippen LogP contribution in [0.1, 0.15) is 5.01 Å². The number of fused-ring (bicyclic) bond motifs is 1. The Labute approximate surface area is 79.4 Å². The lowest BCUT2D eigenvalue weighted by atomic mass is 10.3. The number of benzene rings is 1. The molecule has 0 saturated heterocycles. The quantitative estimate of drug-likeness (QED) is 0.741. The second-order valence-corrected chi connectivity index (χ2v) is 3.91. The highest BCUT2D eigenvalue weighted by atomic mass is 32.1. The van der Waals surface area contributed by atoms with E-state index in [2.05, 4.69) is 10.3 Å². The summed E-state index contributed by atoms with van der Waals surface area (Å²) in [7, 11) is 0. The van der Waals surface area contributed by atoms with Crippen molar-refractivity contribution in [2.75, 3.05) is 5.32 Å². The van der Waals surface area contributed by atoms with Gasteiger partial charge in [0.05, 0.1) is 15.2 Å². The van der Waals surface area contributed by atoms with E-state index in [0.29, 0.717) is 6.41 Å². The summed E-state index contributed by atoms with van der Waals surface area (Å²) in [4.78, 5) is 14.5. The van der Waals surface area contributed by atoms with Crippen LogP contribution < -0.4 is 5.32 Å². The highest BCUT2D eigenvalue weighted by Gasteiger charge is 2.00. The number of hydrogen-bond donors (Lipinski definition) is 1. The van der Waals surface area contributed by atoms with E-state index < -0.39 is 0 Å². The van der Waals surface area contributed by atoms with Crippen molar-refractivity contribution in [1.82, 2.24) is 4.98 Å². The molecule has 4 heteroatoms. The minimum atomic E-state index is 0.667. The highest BCUT2D eigenvalue weighted by Crippen LogP contribution is 2.23. The molecule has 0 spiro atoms. The fourth-order valence-electron chi connectivity index (χ4n) is 1.20. The third-order valence-electron chi connectivity index (χ3n) is 1.72. The number of carbonyl (C=O) groups excluding carboxylic acids is 1. The Balaban J connectivity index is 2.54. The average molecular weight is 192 g/mol. The summed E-state index contributed by atoms with van der Waals surface area (Å²) in [5.41, 5.74) is 1.72. The third kappa shape index (κ3) is 1.53. The van der Waals surface area contributed by atoms with Crippen LogP contribution in [0, 0.1) is 6.92 Å². The molecule has 1 aromatic heterocycles. The van der Waals surface area contributed by atoms with Crippen molar-refractivity contribution < 1.29 is 4.79 Å². The van der Waals surface area contributed by atoms with Gasteiger partial charge in [0.25, 0.3) is 0 Å². The molecule has 1 N–H and O–H groups in total. The van der Waals surface area contributed by atoms with E-state index in [9.17, 15) is 4.79 Å². The zero-order valence-corrected chi connectivity index (χ0v) is 7.89. The van der Waals surface area contributed by atoms with Crippen LogP contribution in [0.3, 0.4) is 0 Å². The van der Waals surface area contributed by atoms with E-state index >= 15 is 0 Å². The lowest BCUT2D eigenvalue weighted by Gasteiger charge is -1.95. The first kappa shape index (κ1) is 8.19. The fourth-order valence-corrected chi connectivity index (χ4v) is 2.01. The second kappa shape index (κ2) is 3.14. The Morgan fingerprint density at radius 1 is 1.54 bits per heavy atom. The molecule has 2 rings (SSSR count). The zero-order chi connectivity index (χ0) is 9.26. The summed E-state index contributed by atoms with van der Waals surface area (Å²) in [6.45, 7) is 1.97. The van der Waals surface area contributed by atoms with Crippen molar-refractivity contribution >= 4 is 33.7 Å². The van der Waals surface area contributed by atoms with Crippen molar-refractivity contribution in [2.45, 2.75) is 6.92 Å². The van der Waals surface area contributed by atoms with Gasteiger partial charge >= 0.3 is 0 Å². The molecule has 1 heterocycles. The van der Waals surface area contributed by atoms with Crippen LogP contribution in [0.25, 0.3) is 10.2 Å². The number of thiazole rings is 1. The summed E-state index contributed by atoms with van der Waals surface area (Å²) in [6, 6.07) is 5.70. The largest absolute Gasteiger partial charge is 0.329 e. The SMILES string of the molecule is Cc1nc2cc(NC=O)ccc2s1. The molecule has 0 aliphatic heterocycles. The molecule has 0 fully saturated rings. The van der Waals surface area contributed by atoms with Gasteiger partial charge in [-0.15, -0.1) is 11.3 Å². The minimum absolute atomic E-state index is 0.667. The van der Waals surface area contributed by atoms with Gasteiger partial charge in [0.2, 0.25) is 6.41 Å². The first-order valence-corrected chi connectivity index (χ1v) is 4.68. The summed E-state index contributed by atoms with van der Waals surface area (Å²) in [5, 5.41) is 3.63. The highest BCUT2D eigenvalue weighted by molar-refractivity contribution is 7.18. The molecule has 0 atom stereocenters. The van der Waals surface area contributed by atoms with Crippen LogP contribution in [0.2, 0.25) is 0 Å². The number of nitrogens with zero attached hydrogens (tertiary/aromatic N) is 1. The van der Waals surface area contributed by atoms with Crippen molar-refractivity contribution in [3.8, 4) is 0 Å². The summed E-state index contributed by atoms with van der Waals surface area (Å²) in [6.07, 6.45) is 0.667. The Hall–Kier alpha value is -1.42.